The van der Waals surface area contributed by atoms with Gasteiger partial charge in [-0.2, -0.15) is 0 Å². The molecular formula is C21H24ClFN2O5. The van der Waals surface area contributed by atoms with Crippen molar-refractivity contribution < 1.29 is 28.6 Å². The quantitative estimate of drug-likeness (QED) is 0.500. The van der Waals surface area contributed by atoms with Crippen LogP contribution in [-0.4, -0.2) is 49.3 Å². The maximum absolute atomic E-state index is 13.3. The van der Waals surface area contributed by atoms with Crippen LogP contribution in [-0.2, 0) is 9.59 Å². The first-order valence-corrected chi connectivity index (χ1v) is 9.70. The zero-order valence-electron chi connectivity index (χ0n) is 16.5. The normalized spacial score (nSPS) is 11.5. The van der Waals surface area contributed by atoms with E-state index in [1.165, 1.54) is 12.1 Å². The number of ether oxygens (including phenoxy) is 2. The molecule has 30 heavy (non-hydrogen) atoms. The van der Waals surface area contributed by atoms with E-state index in [2.05, 4.69) is 10.6 Å². The van der Waals surface area contributed by atoms with E-state index in [0.29, 0.717) is 5.75 Å². The van der Waals surface area contributed by atoms with Gasteiger partial charge in [-0.1, -0.05) is 23.7 Å². The zero-order valence-corrected chi connectivity index (χ0v) is 17.2. The number of aliphatic hydroxyl groups excluding tert-OH is 1. The topological polar surface area (TPSA) is 96.9 Å². The Bertz CT molecular complexity index is 865. The van der Waals surface area contributed by atoms with Crippen LogP contribution in [0.2, 0.25) is 5.02 Å². The first-order valence-electron chi connectivity index (χ1n) is 9.32. The lowest BCUT2D eigenvalue weighted by Gasteiger charge is -2.13. The minimum Gasteiger partial charge on any atom is -0.484 e. The van der Waals surface area contributed by atoms with E-state index in [4.69, 9.17) is 21.1 Å². The summed E-state index contributed by atoms with van der Waals surface area (Å²) in [6.07, 6.45) is -0.597. The summed E-state index contributed by atoms with van der Waals surface area (Å²) in [5.74, 6) is -0.639. The monoisotopic (exact) mass is 438 g/mol. The van der Waals surface area contributed by atoms with Gasteiger partial charge in [0.15, 0.2) is 13.2 Å². The fraction of sp³-hybridized carbons (Fsp3) is 0.333. The highest BCUT2D eigenvalue weighted by atomic mass is 35.5. The van der Waals surface area contributed by atoms with E-state index in [1.54, 1.807) is 6.07 Å². The molecule has 0 saturated heterocycles. The van der Waals surface area contributed by atoms with Crippen LogP contribution in [0.5, 0.6) is 11.5 Å². The molecular weight excluding hydrogens is 415 g/mol. The molecule has 0 fully saturated rings. The average Bonchev–Trinajstić information content (AvgIpc) is 2.71. The number of rotatable bonds is 11. The maximum Gasteiger partial charge on any atom is 0.258 e. The van der Waals surface area contributed by atoms with Gasteiger partial charge < -0.3 is 25.2 Å². The van der Waals surface area contributed by atoms with Crippen molar-refractivity contribution in [3.8, 4) is 11.5 Å². The van der Waals surface area contributed by atoms with Gasteiger partial charge >= 0.3 is 0 Å². The average molecular weight is 439 g/mol. The standard InChI is InChI=1S/C21H24ClFN2O5/c1-14-3-2-4-16(9-14)29-13-21(28)25-11-15(26)7-8-24-20(27)12-30-17-5-6-18(22)19(23)10-17/h2-6,9-10,15,26H,7-8,11-13H2,1H3,(H,24,27)(H,25,28)/t15-/m0/s1. The van der Waals surface area contributed by atoms with Gasteiger partial charge in [-0.05, 0) is 43.2 Å². The number of aryl methyl sites for hydroxylation is 1. The van der Waals surface area contributed by atoms with Crippen LogP contribution in [0, 0.1) is 12.7 Å². The highest BCUT2D eigenvalue weighted by Crippen LogP contribution is 2.20. The molecule has 0 aliphatic heterocycles. The lowest BCUT2D eigenvalue weighted by molar-refractivity contribution is -0.124. The fourth-order valence-corrected chi connectivity index (χ4v) is 2.50. The van der Waals surface area contributed by atoms with Crippen molar-refractivity contribution in [2.75, 3.05) is 26.3 Å². The molecule has 0 aliphatic rings. The summed E-state index contributed by atoms with van der Waals surface area (Å²) in [7, 11) is 0. The fourth-order valence-electron chi connectivity index (χ4n) is 2.38. The van der Waals surface area contributed by atoms with E-state index >= 15 is 0 Å². The molecule has 2 amide bonds. The Morgan fingerprint density at radius 1 is 1.07 bits per heavy atom. The molecule has 0 aromatic heterocycles. The summed E-state index contributed by atoms with van der Waals surface area (Å²) >= 11 is 5.57. The summed E-state index contributed by atoms with van der Waals surface area (Å²) in [5, 5.41) is 15.0. The minimum atomic E-state index is -0.834. The van der Waals surface area contributed by atoms with Gasteiger partial charge in [-0.25, -0.2) is 4.39 Å². The molecule has 0 aliphatic carbocycles. The number of halogens is 2. The first kappa shape index (κ1) is 23.4. The summed E-state index contributed by atoms with van der Waals surface area (Å²) < 4.78 is 23.8. The van der Waals surface area contributed by atoms with Crippen LogP contribution in [0.1, 0.15) is 12.0 Å². The molecule has 3 N–H and O–H groups in total. The summed E-state index contributed by atoms with van der Waals surface area (Å²) in [4.78, 5) is 23.5. The molecule has 9 heteroatoms. The van der Waals surface area contributed by atoms with Gasteiger partial charge in [0.05, 0.1) is 11.1 Å². The molecule has 0 saturated carbocycles. The third-order valence-electron chi connectivity index (χ3n) is 3.96. The van der Waals surface area contributed by atoms with Gasteiger partial charge in [0.25, 0.3) is 11.8 Å². The van der Waals surface area contributed by atoms with Gasteiger partial charge in [0.2, 0.25) is 0 Å². The van der Waals surface area contributed by atoms with Crippen LogP contribution in [0.25, 0.3) is 0 Å². The number of hydrogen-bond acceptors (Lipinski definition) is 5. The zero-order chi connectivity index (χ0) is 21.9. The highest BCUT2D eigenvalue weighted by Gasteiger charge is 2.10. The molecule has 2 rings (SSSR count). The maximum atomic E-state index is 13.3. The second-order valence-corrected chi connectivity index (χ2v) is 6.97. The molecule has 162 valence electrons. The van der Waals surface area contributed by atoms with Crippen molar-refractivity contribution >= 4 is 23.4 Å². The van der Waals surface area contributed by atoms with E-state index in [1.807, 2.05) is 25.1 Å². The van der Waals surface area contributed by atoms with Gasteiger partial charge in [-0.15, -0.1) is 0 Å². The second kappa shape index (κ2) is 12.0. The number of amides is 2. The molecule has 2 aromatic rings. The Balaban J connectivity index is 1.56. The Hall–Kier alpha value is -2.84. The van der Waals surface area contributed by atoms with Crippen LogP contribution < -0.4 is 20.1 Å². The van der Waals surface area contributed by atoms with E-state index in [0.717, 1.165) is 11.6 Å². The van der Waals surface area contributed by atoms with Crippen LogP contribution in [0.15, 0.2) is 42.5 Å². The van der Waals surface area contributed by atoms with Crippen molar-refractivity contribution in [2.45, 2.75) is 19.4 Å². The number of aliphatic hydroxyl groups is 1. The molecule has 0 heterocycles. The number of nitrogens with one attached hydrogen (secondary N) is 2. The number of carbonyl (C=O) groups excluding carboxylic acids is 2. The third kappa shape index (κ3) is 8.67. The van der Waals surface area contributed by atoms with Crippen molar-refractivity contribution in [3.05, 3.63) is 58.9 Å². The highest BCUT2D eigenvalue weighted by molar-refractivity contribution is 6.30. The van der Waals surface area contributed by atoms with Gasteiger partial charge in [0, 0.05) is 19.2 Å². The smallest absolute Gasteiger partial charge is 0.258 e. The van der Waals surface area contributed by atoms with Crippen LogP contribution >= 0.6 is 11.6 Å². The molecule has 0 bridgehead atoms. The predicted octanol–water partition coefficient (Wildman–Crippen LogP) is 2.23. The Morgan fingerprint density at radius 2 is 1.73 bits per heavy atom. The van der Waals surface area contributed by atoms with Crippen LogP contribution in [0.4, 0.5) is 4.39 Å². The first-order chi connectivity index (χ1) is 14.3. The van der Waals surface area contributed by atoms with Crippen LogP contribution in [0.3, 0.4) is 0 Å². The summed E-state index contributed by atoms with van der Waals surface area (Å²) in [5.41, 5.74) is 1.02. The molecule has 1 atom stereocenters. The number of benzene rings is 2. The largest absolute Gasteiger partial charge is 0.484 e. The minimum absolute atomic E-state index is 0.0328. The predicted molar refractivity (Wildman–Crippen MR) is 110 cm³/mol. The van der Waals surface area contributed by atoms with Crippen molar-refractivity contribution in [1.82, 2.24) is 10.6 Å². The molecule has 7 nitrogen and oxygen atoms in total. The van der Waals surface area contributed by atoms with E-state index < -0.39 is 17.8 Å². The number of carbonyl (C=O) groups is 2. The van der Waals surface area contributed by atoms with Crippen molar-refractivity contribution in [2.24, 2.45) is 0 Å². The van der Waals surface area contributed by atoms with Crippen molar-refractivity contribution in [3.63, 3.8) is 0 Å². The Morgan fingerprint density at radius 3 is 2.40 bits per heavy atom. The molecule has 2 aromatic carbocycles. The lowest BCUT2D eigenvalue weighted by atomic mass is 10.2. The Kier molecular flexibility index (Phi) is 9.37. The third-order valence-corrected chi connectivity index (χ3v) is 4.26. The van der Waals surface area contributed by atoms with Gasteiger partial charge in [-0.3, -0.25) is 9.59 Å². The van der Waals surface area contributed by atoms with Gasteiger partial charge in [0.1, 0.15) is 17.3 Å². The summed E-state index contributed by atoms with van der Waals surface area (Å²) in [6, 6.07) is 11.2. The molecule has 0 unspecified atom stereocenters. The SMILES string of the molecule is Cc1cccc(OCC(=O)NC[C@@H](O)CCNC(=O)COc2ccc(Cl)c(F)c2)c1. The summed E-state index contributed by atoms with van der Waals surface area (Å²) in [6.45, 7) is 1.69. The Labute approximate surface area is 179 Å². The molecule has 0 spiro atoms. The molecule has 0 radical (unpaired) electrons. The van der Waals surface area contributed by atoms with Crippen molar-refractivity contribution in [1.29, 1.82) is 0 Å². The lowest BCUT2D eigenvalue weighted by Crippen LogP contribution is -2.37. The number of hydrogen-bond donors (Lipinski definition) is 3. The van der Waals surface area contributed by atoms with E-state index in [9.17, 15) is 19.1 Å². The van der Waals surface area contributed by atoms with E-state index in [-0.39, 0.29) is 49.4 Å². The second-order valence-electron chi connectivity index (χ2n) is 6.57.